The molecule has 1 heterocycles. The van der Waals surface area contributed by atoms with Gasteiger partial charge in [0.1, 0.15) is 0 Å². The smallest absolute Gasteiger partial charge is 0.0346 e. The van der Waals surface area contributed by atoms with Crippen LogP contribution in [0.3, 0.4) is 0 Å². The number of rotatable bonds is 2. The average Bonchev–Trinajstić information content (AvgIpc) is 2.04. The maximum atomic E-state index is 5.84. The molecule has 1 fully saturated rings. The molecule has 0 amide bonds. The summed E-state index contributed by atoms with van der Waals surface area (Å²) in [6.07, 6.45) is 1.35. The van der Waals surface area contributed by atoms with E-state index in [4.69, 9.17) is 5.73 Å². The minimum absolute atomic E-state index is 0.915. The summed E-state index contributed by atoms with van der Waals surface area (Å²) in [5, 5.41) is 0. The third kappa shape index (κ3) is 1.83. The van der Waals surface area contributed by atoms with Crippen LogP contribution in [-0.4, -0.2) is 18.0 Å². The van der Waals surface area contributed by atoms with Crippen LogP contribution in [-0.2, 0) is 6.54 Å². The summed E-state index contributed by atoms with van der Waals surface area (Å²) in [4.78, 5) is 2.43. The van der Waals surface area contributed by atoms with Crippen LogP contribution in [0.2, 0.25) is 0 Å². The van der Waals surface area contributed by atoms with Crippen molar-refractivity contribution in [3.63, 3.8) is 0 Å². The summed E-state index contributed by atoms with van der Waals surface area (Å²) in [6.45, 7) is 5.59. The van der Waals surface area contributed by atoms with Gasteiger partial charge in [0.05, 0.1) is 0 Å². The van der Waals surface area contributed by atoms with Crippen molar-refractivity contribution < 1.29 is 0 Å². The Morgan fingerprint density at radius 1 is 1.38 bits per heavy atom. The van der Waals surface area contributed by atoms with E-state index in [9.17, 15) is 0 Å². The van der Waals surface area contributed by atoms with E-state index in [1.165, 1.54) is 30.6 Å². The van der Waals surface area contributed by atoms with Gasteiger partial charge in [-0.05, 0) is 43.6 Å². The van der Waals surface area contributed by atoms with Crippen LogP contribution < -0.4 is 5.73 Å². The summed E-state index contributed by atoms with van der Waals surface area (Å²) in [6, 6.07) is 6.36. The number of likely N-dealkylation sites (tertiary alicyclic amines) is 1. The SMILES string of the molecule is Cc1ccc(CN2CCC2)cc1N. The molecule has 70 valence electrons. The molecule has 1 aliphatic heterocycles. The summed E-state index contributed by atoms with van der Waals surface area (Å²) in [7, 11) is 0. The Labute approximate surface area is 79.4 Å². The third-order valence-corrected chi connectivity index (χ3v) is 2.70. The third-order valence-electron chi connectivity index (χ3n) is 2.70. The predicted molar refractivity (Wildman–Crippen MR) is 55.5 cm³/mol. The maximum Gasteiger partial charge on any atom is 0.0346 e. The molecule has 13 heavy (non-hydrogen) atoms. The molecular formula is C11H16N2. The minimum Gasteiger partial charge on any atom is -0.399 e. The van der Waals surface area contributed by atoms with Crippen molar-refractivity contribution >= 4 is 5.69 Å². The van der Waals surface area contributed by atoms with E-state index in [0.717, 1.165) is 12.2 Å². The molecule has 0 bridgehead atoms. The number of aryl methyl sites for hydroxylation is 1. The lowest BCUT2D eigenvalue weighted by Crippen LogP contribution is -2.36. The first kappa shape index (κ1) is 8.57. The number of anilines is 1. The molecule has 2 nitrogen and oxygen atoms in total. The Hall–Kier alpha value is -1.02. The normalized spacial score (nSPS) is 17.0. The Kier molecular flexibility index (Phi) is 2.23. The first-order chi connectivity index (χ1) is 6.25. The van der Waals surface area contributed by atoms with Gasteiger partial charge in [0, 0.05) is 12.2 Å². The molecule has 2 heteroatoms. The van der Waals surface area contributed by atoms with Gasteiger partial charge in [-0.1, -0.05) is 12.1 Å². The largest absolute Gasteiger partial charge is 0.399 e. The van der Waals surface area contributed by atoms with Gasteiger partial charge in [0.25, 0.3) is 0 Å². The highest BCUT2D eigenvalue weighted by Crippen LogP contribution is 2.17. The van der Waals surface area contributed by atoms with E-state index in [2.05, 4.69) is 23.1 Å². The first-order valence-corrected chi connectivity index (χ1v) is 4.83. The average molecular weight is 176 g/mol. The van der Waals surface area contributed by atoms with Crippen LogP contribution in [0.25, 0.3) is 0 Å². The van der Waals surface area contributed by atoms with E-state index >= 15 is 0 Å². The number of nitrogens with two attached hydrogens (primary N) is 1. The van der Waals surface area contributed by atoms with E-state index in [1.54, 1.807) is 0 Å². The lowest BCUT2D eigenvalue weighted by molar-refractivity contribution is 0.172. The van der Waals surface area contributed by atoms with Gasteiger partial charge in [-0.25, -0.2) is 0 Å². The molecule has 0 aliphatic carbocycles. The topological polar surface area (TPSA) is 29.3 Å². The van der Waals surface area contributed by atoms with Crippen LogP contribution >= 0.6 is 0 Å². The number of hydrogen-bond donors (Lipinski definition) is 1. The van der Waals surface area contributed by atoms with Gasteiger partial charge in [-0.3, -0.25) is 4.90 Å². The van der Waals surface area contributed by atoms with Gasteiger partial charge in [-0.2, -0.15) is 0 Å². The predicted octanol–water partition coefficient (Wildman–Crippen LogP) is 1.78. The number of hydrogen-bond acceptors (Lipinski definition) is 2. The number of nitrogens with zero attached hydrogens (tertiary/aromatic N) is 1. The van der Waals surface area contributed by atoms with Crippen molar-refractivity contribution in [3.05, 3.63) is 29.3 Å². The Balaban J connectivity index is 2.07. The van der Waals surface area contributed by atoms with Crippen molar-refractivity contribution in [2.45, 2.75) is 19.9 Å². The van der Waals surface area contributed by atoms with Crippen LogP contribution in [0.5, 0.6) is 0 Å². The summed E-state index contributed by atoms with van der Waals surface area (Å²) in [5.74, 6) is 0. The van der Waals surface area contributed by atoms with Crippen molar-refractivity contribution in [1.29, 1.82) is 0 Å². The zero-order valence-corrected chi connectivity index (χ0v) is 8.09. The molecule has 0 radical (unpaired) electrons. The van der Waals surface area contributed by atoms with Crippen molar-refractivity contribution in [2.24, 2.45) is 0 Å². The molecule has 0 atom stereocenters. The second-order valence-electron chi connectivity index (χ2n) is 3.82. The number of benzene rings is 1. The van der Waals surface area contributed by atoms with E-state index in [-0.39, 0.29) is 0 Å². The number of nitrogen functional groups attached to an aromatic ring is 1. The Morgan fingerprint density at radius 2 is 2.15 bits per heavy atom. The summed E-state index contributed by atoms with van der Waals surface area (Å²) < 4.78 is 0. The molecule has 0 unspecified atom stereocenters. The monoisotopic (exact) mass is 176 g/mol. The van der Waals surface area contributed by atoms with Crippen LogP contribution in [0.4, 0.5) is 5.69 Å². The van der Waals surface area contributed by atoms with Gasteiger partial charge < -0.3 is 5.73 Å². The molecule has 0 saturated carbocycles. The summed E-state index contributed by atoms with van der Waals surface area (Å²) >= 11 is 0. The highest BCUT2D eigenvalue weighted by molar-refractivity contribution is 5.48. The lowest BCUT2D eigenvalue weighted by Gasteiger charge is -2.30. The van der Waals surface area contributed by atoms with Gasteiger partial charge in [0.15, 0.2) is 0 Å². The van der Waals surface area contributed by atoms with E-state index in [1.807, 2.05) is 6.92 Å². The molecule has 1 saturated heterocycles. The fourth-order valence-electron chi connectivity index (χ4n) is 1.59. The fourth-order valence-corrected chi connectivity index (χ4v) is 1.59. The Morgan fingerprint density at radius 3 is 2.69 bits per heavy atom. The zero-order chi connectivity index (χ0) is 9.26. The van der Waals surface area contributed by atoms with Crippen LogP contribution in [0.15, 0.2) is 18.2 Å². The van der Waals surface area contributed by atoms with Crippen LogP contribution in [0, 0.1) is 6.92 Å². The quantitative estimate of drug-likeness (QED) is 0.696. The zero-order valence-electron chi connectivity index (χ0n) is 8.09. The molecule has 2 rings (SSSR count). The van der Waals surface area contributed by atoms with Crippen molar-refractivity contribution in [2.75, 3.05) is 18.8 Å². The molecule has 1 aliphatic rings. The molecule has 0 spiro atoms. The van der Waals surface area contributed by atoms with Crippen molar-refractivity contribution in [3.8, 4) is 0 Å². The molecule has 1 aromatic rings. The maximum absolute atomic E-state index is 5.84. The second-order valence-corrected chi connectivity index (χ2v) is 3.82. The van der Waals surface area contributed by atoms with E-state index in [0.29, 0.717) is 0 Å². The van der Waals surface area contributed by atoms with E-state index < -0.39 is 0 Å². The molecule has 2 N–H and O–H groups in total. The highest BCUT2D eigenvalue weighted by atomic mass is 15.2. The summed E-state index contributed by atoms with van der Waals surface area (Å²) in [5.41, 5.74) is 9.26. The second kappa shape index (κ2) is 3.38. The molecular weight excluding hydrogens is 160 g/mol. The van der Waals surface area contributed by atoms with Gasteiger partial charge >= 0.3 is 0 Å². The fraction of sp³-hybridized carbons (Fsp3) is 0.455. The highest BCUT2D eigenvalue weighted by Gasteiger charge is 2.13. The Bertz CT molecular complexity index is 303. The van der Waals surface area contributed by atoms with Gasteiger partial charge in [-0.15, -0.1) is 0 Å². The minimum atomic E-state index is 0.915. The van der Waals surface area contributed by atoms with Crippen molar-refractivity contribution in [1.82, 2.24) is 4.90 Å². The standard InChI is InChI=1S/C11H16N2/c1-9-3-4-10(7-11(9)12)8-13-5-2-6-13/h3-4,7H,2,5-6,8,12H2,1H3. The molecule has 1 aromatic carbocycles. The van der Waals surface area contributed by atoms with Crippen LogP contribution in [0.1, 0.15) is 17.5 Å². The molecule has 0 aromatic heterocycles. The van der Waals surface area contributed by atoms with Gasteiger partial charge in [0.2, 0.25) is 0 Å². The lowest BCUT2D eigenvalue weighted by atomic mass is 10.1. The first-order valence-electron chi connectivity index (χ1n) is 4.83.